The van der Waals surface area contributed by atoms with Gasteiger partial charge in [-0.2, -0.15) is 0 Å². The summed E-state index contributed by atoms with van der Waals surface area (Å²) in [6.07, 6.45) is 6.25. The van der Waals surface area contributed by atoms with Crippen molar-refractivity contribution in [2.45, 2.75) is 64.6 Å². The summed E-state index contributed by atoms with van der Waals surface area (Å²) in [5.41, 5.74) is 0. The SMILES string of the molecule is CCCC1NCCn2c(CC3CC(OCC)C3)nnc21. The number of nitrogens with one attached hydrogen (secondary N) is 1. The predicted molar refractivity (Wildman–Crippen MR) is 77.5 cm³/mol. The lowest BCUT2D eigenvalue weighted by atomic mass is 9.80. The van der Waals surface area contributed by atoms with Crippen molar-refractivity contribution >= 4 is 0 Å². The average molecular weight is 278 g/mol. The Kier molecular flexibility index (Phi) is 4.36. The Balaban J connectivity index is 1.61. The minimum absolute atomic E-state index is 0.396. The van der Waals surface area contributed by atoms with Crippen molar-refractivity contribution in [3.63, 3.8) is 0 Å². The molecule has 0 amide bonds. The lowest BCUT2D eigenvalue weighted by Crippen LogP contribution is -2.36. The molecule has 2 aliphatic rings. The molecule has 0 radical (unpaired) electrons. The summed E-state index contributed by atoms with van der Waals surface area (Å²) in [5, 5.41) is 12.4. The van der Waals surface area contributed by atoms with E-state index in [1.807, 2.05) is 0 Å². The van der Waals surface area contributed by atoms with Crippen molar-refractivity contribution in [1.82, 2.24) is 20.1 Å². The largest absolute Gasteiger partial charge is 0.378 e. The monoisotopic (exact) mass is 278 g/mol. The van der Waals surface area contributed by atoms with Crippen LogP contribution in [0.1, 0.15) is 57.2 Å². The lowest BCUT2D eigenvalue weighted by Gasteiger charge is -2.35. The van der Waals surface area contributed by atoms with Crippen LogP contribution < -0.4 is 5.32 Å². The molecule has 112 valence electrons. The van der Waals surface area contributed by atoms with Crippen LogP contribution in [0.4, 0.5) is 0 Å². The molecule has 1 saturated carbocycles. The Hall–Kier alpha value is -0.940. The van der Waals surface area contributed by atoms with Gasteiger partial charge in [0.1, 0.15) is 11.6 Å². The van der Waals surface area contributed by atoms with E-state index in [4.69, 9.17) is 4.74 Å². The van der Waals surface area contributed by atoms with Gasteiger partial charge in [-0.1, -0.05) is 13.3 Å². The second-order valence-electron chi connectivity index (χ2n) is 6.04. The van der Waals surface area contributed by atoms with Crippen LogP contribution in [0.3, 0.4) is 0 Å². The molecule has 1 fully saturated rings. The van der Waals surface area contributed by atoms with E-state index in [1.54, 1.807) is 0 Å². The summed E-state index contributed by atoms with van der Waals surface area (Å²) >= 11 is 0. The number of fused-ring (bicyclic) bond motifs is 1. The Morgan fingerprint density at radius 2 is 2.15 bits per heavy atom. The fourth-order valence-corrected chi connectivity index (χ4v) is 3.43. The minimum atomic E-state index is 0.396. The molecule has 0 spiro atoms. The average Bonchev–Trinajstić information content (AvgIpc) is 2.81. The van der Waals surface area contributed by atoms with Crippen LogP contribution >= 0.6 is 0 Å². The van der Waals surface area contributed by atoms with E-state index in [0.717, 1.165) is 44.3 Å². The van der Waals surface area contributed by atoms with E-state index in [9.17, 15) is 0 Å². The first-order valence-electron chi connectivity index (χ1n) is 8.08. The fraction of sp³-hybridized carbons (Fsp3) is 0.867. The molecule has 1 aromatic heterocycles. The van der Waals surface area contributed by atoms with Gasteiger partial charge >= 0.3 is 0 Å². The Labute approximate surface area is 121 Å². The van der Waals surface area contributed by atoms with Crippen molar-refractivity contribution in [2.75, 3.05) is 13.2 Å². The molecule has 1 aromatic rings. The van der Waals surface area contributed by atoms with Crippen molar-refractivity contribution in [1.29, 1.82) is 0 Å². The molecule has 1 unspecified atom stereocenters. The smallest absolute Gasteiger partial charge is 0.150 e. The van der Waals surface area contributed by atoms with Crippen LogP contribution in [0.15, 0.2) is 0 Å². The normalized spacial score (nSPS) is 29.0. The van der Waals surface area contributed by atoms with Gasteiger partial charge in [-0.25, -0.2) is 0 Å². The number of aromatic nitrogens is 3. The van der Waals surface area contributed by atoms with E-state index >= 15 is 0 Å². The zero-order valence-electron chi connectivity index (χ0n) is 12.6. The van der Waals surface area contributed by atoms with Crippen LogP contribution in [0.25, 0.3) is 0 Å². The molecule has 5 heteroatoms. The molecule has 1 aliphatic carbocycles. The van der Waals surface area contributed by atoms with E-state index in [-0.39, 0.29) is 0 Å². The van der Waals surface area contributed by atoms with Gasteiger partial charge in [0, 0.05) is 26.1 Å². The number of hydrogen-bond acceptors (Lipinski definition) is 4. The van der Waals surface area contributed by atoms with E-state index < -0.39 is 0 Å². The van der Waals surface area contributed by atoms with Gasteiger partial charge in [0.25, 0.3) is 0 Å². The van der Waals surface area contributed by atoms with Gasteiger partial charge in [-0.3, -0.25) is 0 Å². The Morgan fingerprint density at radius 3 is 2.90 bits per heavy atom. The summed E-state index contributed by atoms with van der Waals surface area (Å²) in [6, 6.07) is 0.396. The number of hydrogen-bond donors (Lipinski definition) is 1. The quantitative estimate of drug-likeness (QED) is 0.865. The van der Waals surface area contributed by atoms with Crippen molar-refractivity contribution in [3.8, 4) is 0 Å². The van der Waals surface area contributed by atoms with Crippen LogP contribution in [0.2, 0.25) is 0 Å². The molecule has 1 atom stereocenters. The second-order valence-corrected chi connectivity index (χ2v) is 6.04. The maximum atomic E-state index is 5.64. The molecule has 0 saturated heterocycles. The topological polar surface area (TPSA) is 52.0 Å². The third-order valence-electron chi connectivity index (χ3n) is 4.54. The van der Waals surface area contributed by atoms with Gasteiger partial charge in [0.2, 0.25) is 0 Å². The van der Waals surface area contributed by atoms with E-state index in [2.05, 4.69) is 33.9 Å². The fourth-order valence-electron chi connectivity index (χ4n) is 3.43. The van der Waals surface area contributed by atoms with Crippen LogP contribution in [0.5, 0.6) is 0 Å². The summed E-state index contributed by atoms with van der Waals surface area (Å²) in [7, 11) is 0. The summed E-state index contributed by atoms with van der Waals surface area (Å²) in [4.78, 5) is 0. The molecule has 0 aromatic carbocycles. The van der Waals surface area contributed by atoms with Crippen molar-refractivity contribution < 1.29 is 4.74 Å². The van der Waals surface area contributed by atoms with Crippen LogP contribution in [0, 0.1) is 5.92 Å². The van der Waals surface area contributed by atoms with E-state index in [0.29, 0.717) is 12.1 Å². The van der Waals surface area contributed by atoms with Gasteiger partial charge in [0.05, 0.1) is 12.1 Å². The first kappa shape index (κ1) is 14.0. The molecule has 1 aliphatic heterocycles. The standard InChI is InChI=1S/C15H26N4O/c1-3-5-13-15-18-17-14(19(15)7-6-16-13)10-11-8-12(9-11)20-4-2/h11-13,16H,3-10H2,1-2H3. The summed E-state index contributed by atoms with van der Waals surface area (Å²) < 4.78 is 7.99. The zero-order chi connectivity index (χ0) is 13.9. The second kappa shape index (κ2) is 6.22. The maximum absolute atomic E-state index is 5.64. The molecule has 0 bridgehead atoms. The van der Waals surface area contributed by atoms with Crippen molar-refractivity contribution in [3.05, 3.63) is 11.6 Å². The van der Waals surface area contributed by atoms with Crippen LogP contribution in [-0.4, -0.2) is 34.0 Å². The number of nitrogens with zero attached hydrogens (tertiary/aromatic N) is 3. The van der Waals surface area contributed by atoms with Gasteiger partial charge < -0.3 is 14.6 Å². The molecule has 20 heavy (non-hydrogen) atoms. The Morgan fingerprint density at radius 1 is 1.30 bits per heavy atom. The first-order chi connectivity index (χ1) is 9.81. The first-order valence-corrected chi connectivity index (χ1v) is 8.08. The molecule has 5 nitrogen and oxygen atoms in total. The minimum Gasteiger partial charge on any atom is -0.378 e. The highest BCUT2D eigenvalue weighted by atomic mass is 16.5. The molecule has 1 N–H and O–H groups in total. The highest BCUT2D eigenvalue weighted by Crippen LogP contribution is 2.33. The molecule has 3 rings (SSSR count). The third-order valence-corrected chi connectivity index (χ3v) is 4.54. The van der Waals surface area contributed by atoms with Crippen molar-refractivity contribution in [2.24, 2.45) is 5.92 Å². The third kappa shape index (κ3) is 2.74. The highest BCUT2D eigenvalue weighted by molar-refractivity contribution is 5.06. The molecule has 2 heterocycles. The van der Waals surface area contributed by atoms with Gasteiger partial charge in [0.15, 0.2) is 0 Å². The highest BCUT2D eigenvalue weighted by Gasteiger charge is 2.32. The Bertz CT molecular complexity index is 439. The van der Waals surface area contributed by atoms with Gasteiger partial charge in [-0.15, -0.1) is 10.2 Å². The van der Waals surface area contributed by atoms with E-state index in [1.165, 1.54) is 25.1 Å². The lowest BCUT2D eigenvalue weighted by molar-refractivity contribution is -0.0247. The number of rotatable bonds is 6. The zero-order valence-corrected chi connectivity index (χ0v) is 12.6. The molecular formula is C15H26N4O. The number of ether oxygens (including phenoxy) is 1. The summed E-state index contributed by atoms with van der Waals surface area (Å²) in [5.74, 6) is 3.07. The van der Waals surface area contributed by atoms with Crippen LogP contribution in [-0.2, 0) is 17.7 Å². The molecular weight excluding hydrogens is 252 g/mol. The van der Waals surface area contributed by atoms with Gasteiger partial charge in [-0.05, 0) is 32.1 Å². The summed E-state index contributed by atoms with van der Waals surface area (Å²) in [6.45, 7) is 7.18. The maximum Gasteiger partial charge on any atom is 0.150 e. The predicted octanol–water partition coefficient (Wildman–Crippen LogP) is 2.08.